The summed E-state index contributed by atoms with van der Waals surface area (Å²) in [6.45, 7) is 3.03. The van der Waals surface area contributed by atoms with E-state index in [1.54, 1.807) is 42.8 Å². The highest BCUT2D eigenvalue weighted by atomic mass is 35.5. The molecule has 4 aromatic heterocycles. The number of carboxylic acids is 1. The molecule has 50 heavy (non-hydrogen) atoms. The normalized spacial score (nSPS) is 16.5. The third-order valence-corrected chi connectivity index (χ3v) is 10.9. The summed E-state index contributed by atoms with van der Waals surface area (Å²) in [6, 6.07) is 9.15. The standard InChI is InChI=1S/C36H30ClF2N7O3S/c1-20-43-29-18-42-33(44(2)23-8-12-45(13-9-23)24-15-36(38,39)16-24)27(17-40)30(29)34(47)46(20)11-3-4-21-5-6-22(37)14-26(21)25-7-10-41-31-28(35(48)49)19-50-32(25)31/h5-7,10,14,18-19,23-24H,8-9,11-13,15-16H2,1-2H3,(H,48,49). The van der Waals surface area contributed by atoms with Gasteiger partial charge in [0.05, 0.1) is 39.4 Å². The number of aromatic nitrogens is 4. The lowest BCUT2D eigenvalue weighted by atomic mass is 9.85. The zero-order valence-corrected chi connectivity index (χ0v) is 28.7. The molecule has 10 nitrogen and oxygen atoms in total. The fourth-order valence-electron chi connectivity index (χ4n) is 6.93. The maximum atomic E-state index is 14.0. The van der Waals surface area contributed by atoms with Gasteiger partial charge < -0.3 is 10.0 Å². The number of aryl methyl sites for hydroxylation is 1. The van der Waals surface area contributed by atoms with Crippen LogP contribution in [0.3, 0.4) is 0 Å². The third kappa shape index (κ3) is 6.06. The van der Waals surface area contributed by atoms with E-state index in [0.29, 0.717) is 56.6 Å². The van der Waals surface area contributed by atoms with Crippen molar-refractivity contribution in [1.29, 1.82) is 5.26 Å². The number of carboxylic acid groups (broad SMARTS) is 1. The van der Waals surface area contributed by atoms with Crippen LogP contribution in [-0.2, 0) is 6.54 Å². The molecule has 1 N–H and O–H groups in total. The van der Waals surface area contributed by atoms with Crippen LogP contribution in [0.25, 0.3) is 32.2 Å². The van der Waals surface area contributed by atoms with E-state index in [2.05, 4.69) is 37.8 Å². The lowest BCUT2D eigenvalue weighted by molar-refractivity contribution is -0.127. The van der Waals surface area contributed by atoms with Crippen molar-refractivity contribution >= 4 is 55.8 Å². The molecule has 0 atom stereocenters. The number of carbonyl (C=O) groups is 1. The van der Waals surface area contributed by atoms with Crippen molar-refractivity contribution in [2.45, 2.75) is 57.2 Å². The molecular weight excluding hydrogens is 684 g/mol. The van der Waals surface area contributed by atoms with E-state index in [9.17, 15) is 28.7 Å². The zero-order valence-electron chi connectivity index (χ0n) is 27.1. The Bertz CT molecular complexity index is 2340. The van der Waals surface area contributed by atoms with Crippen LogP contribution >= 0.6 is 22.9 Å². The molecule has 7 rings (SSSR count). The van der Waals surface area contributed by atoms with Gasteiger partial charge in [0.2, 0.25) is 0 Å². The first kappa shape index (κ1) is 33.5. The molecule has 0 spiro atoms. The van der Waals surface area contributed by atoms with Crippen molar-refractivity contribution in [3.8, 4) is 29.0 Å². The summed E-state index contributed by atoms with van der Waals surface area (Å²) >= 11 is 7.65. The molecule has 1 aliphatic carbocycles. The molecule has 1 saturated heterocycles. The number of pyridine rings is 2. The van der Waals surface area contributed by atoms with E-state index < -0.39 is 17.5 Å². The molecule has 5 aromatic rings. The number of anilines is 1. The van der Waals surface area contributed by atoms with Gasteiger partial charge in [0.25, 0.3) is 11.5 Å². The van der Waals surface area contributed by atoms with Gasteiger partial charge in [-0.3, -0.25) is 19.2 Å². The van der Waals surface area contributed by atoms with Gasteiger partial charge in [-0.25, -0.2) is 23.5 Å². The van der Waals surface area contributed by atoms with Gasteiger partial charge in [-0.05, 0) is 44.0 Å². The molecule has 5 heterocycles. The van der Waals surface area contributed by atoms with Crippen molar-refractivity contribution in [3.63, 3.8) is 0 Å². The third-order valence-electron chi connectivity index (χ3n) is 9.67. The fourth-order valence-corrected chi connectivity index (χ4v) is 8.13. The summed E-state index contributed by atoms with van der Waals surface area (Å²) < 4.78 is 29.0. The number of nitriles is 1. The average Bonchev–Trinajstić information content (AvgIpc) is 3.53. The first-order chi connectivity index (χ1) is 24.0. The number of likely N-dealkylation sites (tertiary alicyclic amines) is 1. The topological polar surface area (TPSA) is 128 Å². The maximum absolute atomic E-state index is 14.0. The Morgan fingerprint density at radius 2 is 1.96 bits per heavy atom. The number of benzene rings is 1. The first-order valence-electron chi connectivity index (χ1n) is 16.0. The van der Waals surface area contributed by atoms with Crippen molar-refractivity contribution in [2.75, 3.05) is 25.0 Å². The fraction of sp³-hybridized carbons (Fsp3) is 0.333. The summed E-state index contributed by atoms with van der Waals surface area (Å²) in [6.07, 6.45) is 4.31. The van der Waals surface area contributed by atoms with Crippen LogP contribution in [0.1, 0.15) is 53.0 Å². The van der Waals surface area contributed by atoms with E-state index in [1.165, 1.54) is 22.1 Å². The molecule has 2 aliphatic rings. The maximum Gasteiger partial charge on any atom is 0.338 e. The van der Waals surface area contributed by atoms with Crippen molar-refractivity contribution in [2.24, 2.45) is 0 Å². The number of thiophene rings is 1. The van der Waals surface area contributed by atoms with E-state index in [4.69, 9.17) is 11.6 Å². The van der Waals surface area contributed by atoms with E-state index >= 15 is 0 Å². The highest BCUT2D eigenvalue weighted by molar-refractivity contribution is 7.18. The molecule has 254 valence electrons. The predicted octanol–water partition coefficient (Wildman–Crippen LogP) is 6.35. The monoisotopic (exact) mass is 713 g/mol. The molecule has 1 saturated carbocycles. The second kappa shape index (κ2) is 13.1. The lowest BCUT2D eigenvalue weighted by Gasteiger charge is -2.46. The highest BCUT2D eigenvalue weighted by Crippen LogP contribution is 2.42. The minimum absolute atomic E-state index is 0.0133. The van der Waals surface area contributed by atoms with Crippen LogP contribution in [0.15, 0.2) is 46.8 Å². The Hall–Kier alpha value is -4.95. The molecule has 0 unspecified atom stereocenters. The van der Waals surface area contributed by atoms with Gasteiger partial charge >= 0.3 is 5.97 Å². The number of fused-ring (bicyclic) bond motifs is 2. The van der Waals surface area contributed by atoms with Gasteiger partial charge in [-0.1, -0.05) is 23.4 Å². The molecule has 14 heteroatoms. The zero-order chi connectivity index (χ0) is 35.3. The SMILES string of the molecule is Cc1nc2cnc(N(C)C3CCN(C4CC(F)(F)C4)CC3)c(C#N)c2c(=O)n1CC#Cc1ccc(Cl)cc1-c1ccnc2c(C(=O)O)csc12. The number of rotatable bonds is 6. The Morgan fingerprint density at radius 1 is 1.20 bits per heavy atom. The number of hydrogen-bond donors (Lipinski definition) is 1. The van der Waals surface area contributed by atoms with Crippen LogP contribution in [0.2, 0.25) is 5.02 Å². The summed E-state index contributed by atoms with van der Waals surface area (Å²) in [5.41, 5.74) is 2.57. The number of hydrogen-bond acceptors (Lipinski definition) is 9. The van der Waals surface area contributed by atoms with Crippen LogP contribution in [0.5, 0.6) is 0 Å². The van der Waals surface area contributed by atoms with Crippen LogP contribution in [0.4, 0.5) is 14.6 Å². The number of halogens is 3. The summed E-state index contributed by atoms with van der Waals surface area (Å²) in [4.78, 5) is 43.2. The van der Waals surface area contributed by atoms with Gasteiger partial charge in [0.1, 0.15) is 23.3 Å². The highest BCUT2D eigenvalue weighted by Gasteiger charge is 2.48. The number of piperidine rings is 1. The van der Waals surface area contributed by atoms with Crippen LogP contribution in [-0.4, -0.2) is 73.6 Å². The van der Waals surface area contributed by atoms with Crippen molar-refractivity contribution in [1.82, 2.24) is 24.4 Å². The smallest absolute Gasteiger partial charge is 0.338 e. The van der Waals surface area contributed by atoms with E-state index in [1.807, 2.05) is 11.9 Å². The Kier molecular flexibility index (Phi) is 8.76. The summed E-state index contributed by atoms with van der Waals surface area (Å²) in [5, 5.41) is 22.1. The van der Waals surface area contributed by atoms with Crippen molar-refractivity contribution in [3.05, 3.63) is 79.9 Å². The number of nitrogens with zero attached hydrogens (tertiary/aromatic N) is 7. The molecule has 1 aromatic carbocycles. The second-order valence-electron chi connectivity index (χ2n) is 12.7. The summed E-state index contributed by atoms with van der Waals surface area (Å²) in [5.74, 6) is 3.39. The minimum atomic E-state index is -2.56. The molecule has 0 amide bonds. The van der Waals surface area contributed by atoms with Crippen LogP contribution in [0, 0.1) is 30.1 Å². The molecule has 2 fully saturated rings. The Balaban J connectivity index is 1.18. The van der Waals surface area contributed by atoms with Crippen molar-refractivity contribution < 1.29 is 18.7 Å². The van der Waals surface area contributed by atoms with E-state index in [0.717, 1.165) is 18.4 Å². The van der Waals surface area contributed by atoms with Gasteiger partial charge in [-0.2, -0.15) is 5.26 Å². The summed E-state index contributed by atoms with van der Waals surface area (Å²) in [7, 11) is 1.84. The molecule has 0 radical (unpaired) electrons. The number of alkyl halides is 2. The van der Waals surface area contributed by atoms with Crippen LogP contribution < -0.4 is 10.5 Å². The predicted molar refractivity (Wildman–Crippen MR) is 188 cm³/mol. The Labute approximate surface area is 294 Å². The van der Waals surface area contributed by atoms with Gasteiger partial charge in [0.15, 0.2) is 0 Å². The van der Waals surface area contributed by atoms with E-state index in [-0.39, 0.29) is 48.0 Å². The molecular formula is C36H30ClF2N7O3S. The molecule has 1 aliphatic heterocycles. The lowest BCUT2D eigenvalue weighted by Crippen LogP contribution is -2.55. The number of aromatic carboxylic acids is 1. The van der Waals surface area contributed by atoms with Gasteiger partial charge in [-0.15, -0.1) is 11.3 Å². The largest absolute Gasteiger partial charge is 0.478 e. The average molecular weight is 714 g/mol. The molecule has 0 bridgehead atoms. The minimum Gasteiger partial charge on any atom is -0.478 e. The van der Waals surface area contributed by atoms with Gasteiger partial charge in [0, 0.05) is 78.4 Å². The second-order valence-corrected chi connectivity index (χ2v) is 14.0. The quantitative estimate of drug-likeness (QED) is 0.200. The Morgan fingerprint density at radius 3 is 2.66 bits per heavy atom. The first-order valence-corrected chi connectivity index (χ1v) is 17.2.